The zero-order chi connectivity index (χ0) is 11.5. The summed E-state index contributed by atoms with van der Waals surface area (Å²) in [6.45, 7) is 1.06. The molecule has 0 N–H and O–H groups in total. The maximum absolute atomic E-state index is 10.6. The van der Waals surface area contributed by atoms with Crippen LogP contribution in [0, 0.1) is 10.1 Å². The molecule has 1 aromatic rings. The van der Waals surface area contributed by atoms with Crippen LogP contribution in [0.15, 0.2) is 18.2 Å². The minimum atomic E-state index is -0.472. The zero-order valence-corrected chi connectivity index (χ0v) is 8.71. The van der Waals surface area contributed by atoms with E-state index in [0.29, 0.717) is 24.7 Å². The number of benzene rings is 1. The monoisotopic (exact) mass is 225 g/mol. The Morgan fingerprint density at radius 2 is 2.31 bits per heavy atom. The molecule has 86 valence electrons. The summed E-state index contributed by atoms with van der Waals surface area (Å²) in [5.41, 5.74) is -0.0208. The molecular weight excluding hydrogens is 214 g/mol. The highest BCUT2D eigenvalue weighted by molar-refractivity contribution is 5.48. The average Bonchev–Trinajstić information content (AvgIpc) is 3.09. The standard InChI is InChI=1S/C10H11NO5/c1-14-9-3-2-7(11(12)13)4-10(9)16-6-8-5-15-8/h2-4,8H,5-6H2,1H3. The lowest BCUT2D eigenvalue weighted by Gasteiger charge is -2.08. The minimum absolute atomic E-state index is 0.0208. The fourth-order valence-corrected chi connectivity index (χ4v) is 1.24. The number of nitrogens with zero attached hydrogens (tertiary/aromatic N) is 1. The third kappa shape index (κ3) is 2.40. The van der Waals surface area contributed by atoms with Crippen molar-refractivity contribution in [2.24, 2.45) is 0 Å². The van der Waals surface area contributed by atoms with Gasteiger partial charge in [-0.3, -0.25) is 10.1 Å². The van der Waals surface area contributed by atoms with Gasteiger partial charge >= 0.3 is 0 Å². The summed E-state index contributed by atoms with van der Waals surface area (Å²) in [5, 5.41) is 10.6. The fraction of sp³-hybridized carbons (Fsp3) is 0.400. The second-order valence-corrected chi connectivity index (χ2v) is 3.36. The Labute approximate surface area is 91.9 Å². The summed E-state index contributed by atoms with van der Waals surface area (Å²) in [6.07, 6.45) is 0.101. The molecule has 0 amide bonds. The van der Waals surface area contributed by atoms with Gasteiger partial charge in [-0.1, -0.05) is 0 Å². The Kier molecular flexibility index (Phi) is 2.91. The molecule has 1 aromatic carbocycles. The van der Waals surface area contributed by atoms with Crippen molar-refractivity contribution >= 4 is 5.69 Å². The van der Waals surface area contributed by atoms with Gasteiger partial charge in [-0.2, -0.15) is 0 Å². The van der Waals surface area contributed by atoms with Gasteiger partial charge in [0.2, 0.25) is 0 Å². The second-order valence-electron chi connectivity index (χ2n) is 3.36. The van der Waals surface area contributed by atoms with Crippen LogP contribution >= 0.6 is 0 Å². The predicted molar refractivity (Wildman–Crippen MR) is 54.9 cm³/mol. The zero-order valence-electron chi connectivity index (χ0n) is 8.71. The molecule has 1 aliphatic heterocycles. The van der Waals surface area contributed by atoms with Crippen molar-refractivity contribution < 1.29 is 19.1 Å². The van der Waals surface area contributed by atoms with Crippen molar-refractivity contribution in [3.05, 3.63) is 28.3 Å². The van der Waals surface area contributed by atoms with Gasteiger partial charge in [0.25, 0.3) is 5.69 Å². The molecule has 2 rings (SSSR count). The first-order chi connectivity index (χ1) is 7.70. The van der Waals surface area contributed by atoms with Crippen molar-refractivity contribution in [2.45, 2.75) is 6.10 Å². The topological polar surface area (TPSA) is 74.1 Å². The minimum Gasteiger partial charge on any atom is -0.493 e. The number of epoxide rings is 1. The highest BCUT2D eigenvalue weighted by Gasteiger charge is 2.24. The summed E-state index contributed by atoms with van der Waals surface area (Å²) >= 11 is 0. The fourth-order valence-electron chi connectivity index (χ4n) is 1.24. The molecule has 1 unspecified atom stereocenters. The third-order valence-electron chi connectivity index (χ3n) is 2.19. The van der Waals surface area contributed by atoms with E-state index >= 15 is 0 Å². The molecule has 1 fully saturated rings. The number of methoxy groups -OCH3 is 1. The van der Waals surface area contributed by atoms with E-state index in [4.69, 9.17) is 14.2 Å². The number of rotatable bonds is 5. The van der Waals surface area contributed by atoms with Crippen molar-refractivity contribution in [1.82, 2.24) is 0 Å². The quantitative estimate of drug-likeness (QED) is 0.430. The van der Waals surface area contributed by atoms with Crippen LogP contribution in [0.2, 0.25) is 0 Å². The maximum Gasteiger partial charge on any atom is 0.273 e. The normalized spacial score (nSPS) is 17.9. The first kappa shape index (κ1) is 10.7. The van der Waals surface area contributed by atoms with Gasteiger partial charge in [-0.05, 0) is 6.07 Å². The van der Waals surface area contributed by atoms with Gasteiger partial charge in [-0.15, -0.1) is 0 Å². The molecular formula is C10H11NO5. The van der Waals surface area contributed by atoms with E-state index < -0.39 is 4.92 Å². The highest BCUT2D eigenvalue weighted by atomic mass is 16.6. The lowest BCUT2D eigenvalue weighted by molar-refractivity contribution is -0.385. The number of non-ortho nitro benzene ring substituents is 1. The lowest BCUT2D eigenvalue weighted by Crippen LogP contribution is -2.05. The predicted octanol–water partition coefficient (Wildman–Crippen LogP) is 1.38. The molecule has 0 radical (unpaired) electrons. The van der Waals surface area contributed by atoms with Crippen LogP contribution in [0.3, 0.4) is 0 Å². The number of nitro benzene ring substituents is 1. The van der Waals surface area contributed by atoms with Crippen molar-refractivity contribution in [1.29, 1.82) is 0 Å². The molecule has 1 atom stereocenters. The van der Waals surface area contributed by atoms with E-state index in [2.05, 4.69) is 0 Å². The van der Waals surface area contributed by atoms with Gasteiger partial charge in [0.1, 0.15) is 12.7 Å². The smallest absolute Gasteiger partial charge is 0.273 e. The molecule has 1 aliphatic rings. The molecule has 1 saturated heterocycles. The van der Waals surface area contributed by atoms with Crippen molar-refractivity contribution in [2.75, 3.05) is 20.3 Å². The highest BCUT2D eigenvalue weighted by Crippen LogP contribution is 2.31. The largest absolute Gasteiger partial charge is 0.493 e. The van der Waals surface area contributed by atoms with E-state index in [1.807, 2.05) is 0 Å². The number of nitro groups is 1. The Hall–Kier alpha value is -1.82. The van der Waals surface area contributed by atoms with Crippen LogP contribution in [-0.2, 0) is 4.74 Å². The first-order valence-corrected chi connectivity index (χ1v) is 4.77. The van der Waals surface area contributed by atoms with Crippen LogP contribution in [0.25, 0.3) is 0 Å². The van der Waals surface area contributed by atoms with Crippen LogP contribution in [0.4, 0.5) is 5.69 Å². The molecule has 0 aliphatic carbocycles. The van der Waals surface area contributed by atoms with Crippen molar-refractivity contribution in [3.63, 3.8) is 0 Å². The Bertz CT molecular complexity index is 402. The van der Waals surface area contributed by atoms with E-state index in [1.54, 1.807) is 0 Å². The van der Waals surface area contributed by atoms with E-state index in [-0.39, 0.29) is 11.8 Å². The van der Waals surface area contributed by atoms with Crippen LogP contribution in [0.1, 0.15) is 0 Å². The number of hydrogen-bond donors (Lipinski definition) is 0. The second kappa shape index (κ2) is 4.36. The average molecular weight is 225 g/mol. The molecule has 0 aromatic heterocycles. The Balaban J connectivity index is 2.16. The van der Waals surface area contributed by atoms with Gasteiger partial charge in [0.15, 0.2) is 11.5 Å². The van der Waals surface area contributed by atoms with Gasteiger partial charge in [0.05, 0.1) is 24.7 Å². The summed E-state index contributed by atoms with van der Waals surface area (Å²) in [7, 11) is 1.49. The third-order valence-corrected chi connectivity index (χ3v) is 2.19. The molecule has 0 saturated carbocycles. The molecule has 6 heteroatoms. The summed E-state index contributed by atoms with van der Waals surface area (Å²) in [4.78, 5) is 10.1. The Morgan fingerprint density at radius 1 is 1.56 bits per heavy atom. The van der Waals surface area contributed by atoms with Crippen molar-refractivity contribution in [3.8, 4) is 11.5 Å². The summed E-state index contributed by atoms with van der Waals surface area (Å²) in [6, 6.07) is 4.24. The molecule has 1 heterocycles. The van der Waals surface area contributed by atoms with E-state index in [9.17, 15) is 10.1 Å². The van der Waals surface area contributed by atoms with E-state index in [0.717, 1.165) is 0 Å². The Morgan fingerprint density at radius 3 is 2.88 bits per heavy atom. The SMILES string of the molecule is COc1ccc([N+](=O)[O-])cc1OCC1CO1. The van der Waals surface area contributed by atoms with Crippen LogP contribution in [0.5, 0.6) is 11.5 Å². The maximum atomic E-state index is 10.6. The molecule has 0 bridgehead atoms. The lowest BCUT2D eigenvalue weighted by atomic mass is 10.3. The molecule has 16 heavy (non-hydrogen) atoms. The number of hydrogen-bond acceptors (Lipinski definition) is 5. The number of ether oxygens (including phenoxy) is 3. The van der Waals surface area contributed by atoms with Gasteiger partial charge in [-0.25, -0.2) is 0 Å². The molecule has 0 spiro atoms. The summed E-state index contributed by atoms with van der Waals surface area (Å²) in [5.74, 6) is 0.846. The van der Waals surface area contributed by atoms with E-state index in [1.165, 1.54) is 25.3 Å². The van der Waals surface area contributed by atoms with Crippen LogP contribution < -0.4 is 9.47 Å². The van der Waals surface area contributed by atoms with Crippen LogP contribution in [-0.4, -0.2) is 31.4 Å². The molecule has 6 nitrogen and oxygen atoms in total. The van der Waals surface area contributed by atoms with Gasteiger partial charge < -0.3 is 14.2 Å². The first-order valence-electron chi connectivity index (χ1n) is 4.77. The summed E-state index contributed by atoms with van der Waals surface area (Å²) < 4.78 is 15.4. The van der Waals surface area contributed by atoms with Gasteiger partial charge in [0, 0.05) is 6.07 Å².